The molecule has 10 heteroatoms. The topological polar surface area (TPSA) is 127 Å². The van der Waals surface area contributed by atoms with Crippen molar-refractivity contribution in [1.82, 2.24) is 0 Å². The Balaban J connectivity index is 2.02. The molecule has 8 nitrogen and oxygen atoms in total. The quantitative estimate of drug-likeness (QED) is 0.237. The summed E-state index contributed by atoms with van der Waals surface area (Å²) in [7, 11) is -4.12. The number of rotatable bonds is 12. The number of aryl methyl sites for hydroxylation is 1. The summed E-state index contributed by atoms with van der Waals surface area (Å²) in [6.07, 6.45) is 1.35. The molecule has 2 amide bonds. The Labute approximate surface area is 188 Å². The molecule has 0 saturated carbocycles. The number of hydrogen-bond acceptors (Lipinski definition) is 5. The first-order valence-corrected chi connectivity index (χ1v) is 13.0. The zero-order chi connectivity index (χ0) is 23.8. The van der Waals surface area contributed by atoms with Crippen LogP contribution >= 0.6 is 7.60 Å². The molecule has 1 aromatic carbocycles. The second-order valence-electron chi connectivity index (χ2n) is 8.53. The van der Waals surface area contributed by atoms with Gasteiger partial charge in [0.2, 0.25) is 0 Å². The second kappa shape index (κ2) is 12.0. The minimum absolute atomic E-state index is 0.141. The lowest BCUT2D eigenvalue weighted by Crippen LogP contribution is -2.62. The van der Waals surface area contributed by atoms with Crippen molar-refractivity contribution in [3.05, 3.63) is 35.6 Å². The van der Waals surface area contributed by atoms with Gasteiger partial charge in [-0.3, -0.25) is 9.09 Å². The van der Waals surface area contributed by atoms with Gasteiger partial charge in [0.05, 0.1) is 12.7 Å². The van der Waals surface area contributed by atoms with Crippen LogP contribution in [-0.4, -0.2) is 57.9 Å². The monoisotopic (exact) mass is 473 g/mol. The van der Waals surface area contributed by atoms with E-state index in [-0.39, 0.29) is 24.9 Å². The summed E-state index contributed by atoms with van der Waals surface area (Å²) in [5.41, 5.74) is 6.45. The molecule has 0 spiro atoms. The molecule has 0 bridgehead atoms. The van der Waals surface area contributed by atoms with Gasteiger partial charge in [0.1, 0.15) is 11.9 Å². The predicted octanol–water partition coefficient (Wildman–Crippen LogP) is 4.05. The molecule has 32 heavy (non-hydrogen) atoms. The van der Waals surface area contributed by atoms with Gasteiger partial charge in [-0.2, -0.15) is 9.28 Å². The van der Waals surface area contributed by atoms with E-state index in [0.717, 1.165) is 5.56 Å². The van der Waals surface area contributed by atoms with Crippen molar-refractivity contribution in [2.24, 2.45) is 5.73 Å². The maximum atomic E-state index is 13.3. The molecule has 1 heterocycles. The van der Waals surface area contributed by atoms with Crippen LogP contribution < -0.4 is 5.73 Å². The van der Waals surface area contributed by atoms with Gasteiger partial charge >= 0.3 is 19.6 Å². The van der Waals surface area contributed by atoms with E-state index in [1.807, 2.05) is 0 Å². The van der Waals surface area contributed by atoms with Crippen LogP contribution in [0.2, 0.25) is 0 Å². The van der Waals surface area contributed by atoms with Gasteiger partial charge in [0.25, 0.3) is 0 Å². The summed E-state index contributed by atoms with van der Waals surface area (Å²) < 4.78 is 30.4. The smallest absolute Gasteiger partial charge is 0.435 e. The number of benzene rings is 1. The van der Waals surface area contributed by atoms with Crippen molar-refractivity contribution >= 4 is 19.6 Å². The van der Waals surface area contributed by atoms with E-state index >= 15 is 0 Å². The molecule has 1 aliphatic heterocycles. The number of nitrogens with zero attached hydrogens (tertiary/aromatic N) is 1. The normalized spacial score (nSPS) is 23.6. The van der Waals surface area contributed by atoms with Crippen molar-refractivity contribution in [2.45, 2.75) is 70.4 Å². The number of quaternary nitrogens is 1. The van der Waals surface area contributed by atoms with Crippen LogP contribution in [0.5, 0.6) is 0 Å². The molecule has 3 unspecified atom stereocenters. The average Bonchev–Trinajstić information content (AvgIpc) is 3.13. The highest BCUT2D eigenvalue weighted by Crippen LogP contribution is 2.46. The largest absolute Gasteiger partial charge is 0.521 e. The molecule has 0 aromatic heterocycles. The first kappa shape index (κ1) is 26.6. The van der Waals surface area contributed by atoms with Crippen molar-refractivity contribution in [1.29, 1.82) is 0 Å². The van der Waals surface area contributed by atoms with E-state index in [0.29, 0.717) is 51.5 Å². The number of carbonyl (C=O) groups is 2. The fourth-order valence-corrected chi connectivity index (χ4v) is 5.60. The average molecular weight is 474 g/mol. The van der Waals surface area contributed by atoms with E-state index in [4.69, 9.17) is 10.3 Å². The zero-order valence-electron chi connectivity index (χ0n) is 18.6. The van der Waals surface area contributed by atoms with Crippen LogP contribution in [0.25, 0.3) is 0 Å². The van der Waals surface area contributed by atoms with Crippen molar-refractivity contribution in [2.75, 3.05) is 19.3 Å². The molecule has 1 aromatic rings. The van der Waals surface area contributed by atoms with Gasteiger partial charge < -0.3 is 15.7 Å². The third kappa shape index (κ3) is 6.93. The maximum Gasteiger partial charge on any atom is 0.521 e. The SMILES string of the molecule is CC1CCC[N@@+]1(C(=O)O)C(=O)C(CCCCN)OP(=O)(O)CCCCc1ccc(F)cc1. The summed E-state index contributed by atoms with van der Waals surface area (Å²) >= 11 is 0. The first-order valence-electron chi connectivity index (χ1n) is 11.2. The second-order valence-corrected chi connectivity index (χ2v) is 10.5. The van der Waals surface area contributed by atoms with Gasteiger partial charge in [-0.1, -0.05) is 12.1 Å². The molecule has 180 valence electrons. The lowest BCUT2D eigenvalue weighted by atomic mass is 10.1. The fourth-order valence-electron chi connectivity index (χ4n) is 4.28. The third-order valence-corrected chi connectivity index (χ3v) is 7.64. The molecule has 1 fully saturated rings. The lowest BCUT2D eigenvalue weighted by molar-refractivity contribution is -0.794. The van der Waals surface area contributed by atoms with Crippen LogP contribution in [0.1, 0.15) is 57.4 Å². The minimum Gasteiger partial charge on any atom is -0.435 e. The van der Waals surface area contributed by atoms with Crippen molar-refractivity contribution in [3.8, 4) is 0 Å². The highest BCUT2D eigenvalue weighted by atomic mass is 31.2. The molecular formula is C22H35FN2O6P+. The molecule has 1 saturated heterocycles. The Kier molecular flexibility index (Phi) is 9.98. The molecular weight excluding hydrogens is 438 g/mol. The fraction of sp³-hybridized carbons (Fsp3) is 0.636. The molecule has 4 atom stereocenters. The van der Waals surface area contributed by atoms with Gasteiger partial charge in [-0.05, 0) is 69.7 Å². The number of unbranched alkanes of at least 4 members (excludes halogenated alkanes) is 2. The Morgan fingerprint density at radius 1 is 1.25 bits per heavy atom. The summed E-state index contributed by atoms with van der Waals surface area (Å²) in [5, 5.41) is 9.84. The summed E-state index contributed by atoms with van der Waals surface area (Å²) in [4.78, 5) is 35.8. The Bertz CT molecular complexity index is 821. The zero-order valence-corrected chi connectivity index (χ0v) is 19.5. The molecule has 4 N–H and O–H groups in total. The van der Waals surface area contributed by atoms with E-state index in [1.54, 1.807) is 19.1 Å². The molecule has 0 aliphatic carbocycles. The number of halogens is 1. The Morgan fingerprint density at radius 2 is 1.94 bits per heavy atom. The maximum absolute atomic E-state index is 13.3. The summed E-state index contributed by atoms with van der Waals surface area (Å²) in [6.45, 7) is 2.26. The number of hydrogen-bond donors (Lipinski definition) is 3. The van der Waals surface area contributed by atoms with Crippen LogP contribution in [-0.2, 0) is 20.3 Å². The molecule has 0 radical (unpaired) electrons. The Hall–Kier alpha value is -1.64. The van der Waals surface area contributed by atoms with E-state index in [1.165, 1.54) is 12.1 Å². The molecule has 1 aliphatic rings. The number of amides is 2. The van der Waals surface area contributed by atoms with Crippen LogP contribution in [0.15, 0.2) is 24.3 Å². The van der Waals surface area contributed by atoms with Crippen molar-refractivity contribution in [3.63, 3.8) is 0 Å². The van der Waals surface area contributed by atoms with Crippen LogP contribution in [0.4, 0.5) is 9.18 Å². The minimum atomic E-state index is -4.12. The number of nitrogens with two attached hydrogens (primary N) is 1. The van der Waals surface area contributed by atoms with Gasteiger partial charge in [0.15, 0.2) is 6.10 Å². The highest BCUT2D eigenvalue weighted by molar-refractivity contribution is 7.52. The number of carboxylic acid groups (broad SMARTS) is 1. The molecule has 2 rings (SSSR count). The number of likely N-dealkylation sites (tertiary alicyclic amines) is 1. The number of imide groups is 1. The lowest BCUT2D eigenvalue weighted by Gasteiger charge is -2.33. The number of carbonyl (C=O) groups excluding carboxylic acids is 1. The van der Waals surface area contributed by atoms with Gasteiger partial charge in [-0.15, -0.1) is 0 Å². The van der Waals surface area contributed by atoms with Gasteiger partial charge in [-0.25, -0.2) is 9.18 Å². The van der Waals surface area contributed by atoms with E-state index < -0.39 is 36.2 Å². The van der Waals surface area contributed by atoms with E-state index in [2.05, 4.69) is 0 Å². The van der Waals surface area contributed by atoms with Crippen molar-refractivity contribution < 1.29 is 37.6 Å². The standard InChI is InChI=1S/C22H34FN2O6P/c1-17-7-6-15-25(17,22(27)28)21(26)20(9-2-4-14-24)31-32(29,30)16-5-3-8-18-10-12-19(23)13-11-18/h10-13,17,20H,2-9,14-16,24H2,1H3,(H-,27,28,29,30)/p+1/t17?,20?,25-/m0/s1. The summed E-state index contributed by atoms with van der Waals surface area (Å²) in [5.74, 6) is -0.985. The van der Waals surface area contributed by atoms with Gasteiger partial charge in [0, 0.05) is 12.8 Å². The van der Waals surface area contributed by atoms with E-state index in [9.17, 15) is 28.5 Å². The highest BCUT2D eigenvalue weighted by Gasteiger charge is 2.56. The Morgan fingerprint density at radius 3 is 2.50 bits per heavy atom. The third-order valence-electron chi connectivity index (χ3n) is 6.18. The predicted molar refractivity (Wildman–Crippen MR) is 119 cm³/mol. The summed E-state index contributed by atoms with van der Waals surface area (Å²) in [6, 6.07) is 5.65. The first-order chi connectivity index (χ1) is 15.1. The van der Waals surface area contributed by atoms with Crippen LogP contribution in [0.3, 0.4) is 0 Å². The van der Waals surface area contributed by atoms with Crippen LogP contribution in [0, 0.1) is 5.82 Å².